The van der Waals surface area contributed by atoms with Crippen molar-refractivity contribution in [3.63, 3.8) is 0 Å². The third kappa shape index (κ3) is 6.10. The lowest BCUT2D eigenvalue weighted by atomic mass is 10.3. The minimum atomic E-state index is -1.22. The van der Waals surface area contributed by atoms with Crippen LogP contribution in [0.5, 0.6) is 0 Å². The van der Waals surface area contributed by atoms with E-state index in [2.05, 4.69) is 6.92 Å². The molecule has 0 aliphatic heterocycles. The molecule has 1 amide bonds. The third-order valence-electron chi connectivity index (χ3n) is 1.88. The van der Waals surface area contributed by atoms with E-state index < -0.39 is 10.8 Å². The van der Waals surface area contributed by atoms with Gasteiger partial charge in [-0.05, 0) is 6.42 Å². The van der Waals surface area contributed by atoms with E-state index in [0.29, 0.717) is 6.54 Å². The molecule has 0 aliphatic rings. The minimum Gasteiger partial charge on any atom is -0.395 e. The maximum Gasteiger partial charge on any atom is 0.234 e. The molecule has 14 heavy (non-hydrogen) atoms. The number of unbranched alkanes of at least 4 members (excludes halogenated alkanes) is 1. The molecule has 0 rings (SSSR count). The zero-order valence-electron chi connectivity index (χ0n) is 8.86. The minimum absolute atomic E-state index is 0.0285. The van der Waals surface area contributed by atoms with E-state index in [1.807, 2.05) is 0 Å². The van der Waals surface area contributed by atoms with Crippen LogP contribution in [0, 0.1) is 0 Å². The molecule has 0 saturated carbocycles. The van der Waals surface area contributed by atoms with Crippen molar-refractivity contribution < 1.29 is 14.1 Å². The smallest absolute Gasteiger partial charge is 0.234 e. The monoisotopic (exact) mass is 221 g/mol. The Morgan fingerprint density at radius 3 is 2.64 bits per heavy atom. The molecule has 0 aromatic carbocycles. The molecule has 0 bridgehead atoms. The predicted octanol–water partition coefficient (Wildman–Crippen LogP) is -0.0141. The van der Waals surface area contributed by atoms with Gasteiger partial charge in [-0.2, -0.15) is 0 Å². The van der Waals surface area contributed by atoms with E-state index in [1.54, 1.807) is 11.9 Å². The largest absolute Gasteiger partial charge is 0.395 e. The number of aliphatic hydroxyl groups excluding tert-OH is 1. The number of aliphatic hydroxyl groups is 1. The van der Waals surface area contributed by atoms with Crippen molar-refractivity contribution in [3.8, 4) is 0 Å². The first-order chi connectivity index (χ1) is 6.61. The van der Waals surface area contributed by atoms with Gasteiger partial charge in [0.25, 0.3) is 0 Å². The van der Waals surface area contributed by atoms with E-state index in [-0.39, 0.29) is 24.0 Å². The van der Waals surface area contributed by atoms with E-state index in [4.69, 9.17) is 5.11 Å². The quantitative estimate of drug-likeness (QED) is 0.657. The summed E-state index contributed by atoms with van der Waals surface area (Å²) >= 11 is 0. The summed E-state index contributed by atoms with van der Waals surface area (Å²) in [7, 11) is 0.499. The van der Waals surface area contributed by atoms with Gasteiger partial charge in [-0.25, -0.2) is 0 Å². The van der Waals surface area contributed by atoms with Crippen LogP contribution in [0.3, 0.4) is 0 Å². The second kappa shape index (κ2) is 7.94. The molecular weight excluding hydrogens is 202 g/mol. The Morgan fingerprint density at radius 1 is 1.50 bits per heavy atom. The Labute approximate surface area is 87.7 Å². The molecular formula is C9H19NO3S. The normalized spacial score (nSPS) is 12.5. The molecule has 0 aromatic heterocycles. The topological polar surface area (TPSA) is 57.6 Å². The lowest BCUT2D eigenvalue weighted by molar-refractivity contribution is -0.127. The van der Waals surface area contributed by atoms with Crippen LogP contribution in [0.25, 0.3) is 0 Å². The number of hydrogen-bond acceptors (Lipinski definition) is 3. The van der Waals surface area contributed by atoms with Crippen molar-refractivity contribution in [2.75, 3.05) is 31.7 Å². The molecule has 1 unspecified atom stereocenters. The van der Waals surface area contributed by atoms with Crippen LogP contribution < -0.4 is 0 Å². The Hall–Kier alpha value is -0.420. The Morgan fingerprint density at radius 2 is 2.14 bits per heavy atom. The van der Waals surface area contributed by atoms with Gasteiger partial charge in [0.05, 0.1) is 6.61 Å². The molecule has 0 saturated heterocycles. The van der Waals surface area contributed by atoms with Gasteiger partial charge < -0.3 is 10.0 Å². The van der Waals surface area contributed by atoms with Crippen LogP contribution >= 0.6 is 0 Å². The molecule has 4 nitrogen and oxygen atoms in total. The van der Waals surface area contributed by atoms with Crippen molar-refractivity contribution in [1.29, 1.82) is 0 Å². The van der Waals surface area contributed by atoms with Crippen molar-refractivity contribution in [2.45, 2.75) is 19.8 Å². The summed E-state index contributed by atoms with van der Waals surface area (Å²) in [5, 5.41) is 8.51. The summed E-state index contributed by atoms with van der Waals surface area (Å²) in [4.78, 5) is 13.0. The highest BCUT2D eigenvalue weighted by Crippen LogP contribution is 1.94. The van der Waals surface area contributed by atoms with Crippen molar-refractivity contribution in [2.24, 2.45) is 0 Å². The highest BCUT2D eigenvalue weighted by atomic mass is 32.2. The summed E-state index contributed by atoms with van der Waals surface area (Å²) in [6.45, 7) is 2.65. The lowest BCUT2D eigenvalue weighted by Gasteiger charge is -2.16. The van der Waals surface area contributed by atoms with Crippen molar-refractivity contribution in [3.05, 3.63) is 0 Å². The van der Waals surface area contributed by atoms with Gasteiger partial charge in [0.1, 0.15) is 5.75 Å². The van der Waals surface area contributed by atoms with Crippen LogP contribution in [-0.4, -0.2) is 51.8 Å². The number of carbonyl (C=O) groups excluding carboxylic acids is 1. The van der Waals surface area contributed by atoms with Crippen LogP contribution in [0.1, 0.15) is 19.8 Å². The van der Waals surface area contributed by atoms with Gasteiger partial charge in [-0.3, -0.25) is 9.00 Å². The average molecular weight is 221 g/mol. The first kappa shape index (κ1) is 13.6. The third-order valence-corrected chi connectivity index (χ3v) is 3.08. The molecule has 0 spiro atoms. The molecule has 0 fully saturated rings. The van der Waals surface area contributed by atoms with Crippen molar-refractivity contribution in [1.82, 2.24) is 4.90 Å². The Bertz CT molecular complexity index is 196. The van der Waals surface area contributed by atoms with E-state index in [1.165, 1.54) is 0 Å². The highest BCUT2D eigenvalue weighted by Gasteiger charge is 2.11. The van der Waals surface area contributed by atoms with E-state index in [0.717, 1.165) is 12.8 Å². The summed E-state index contributed by atoms with van der Waals surface area (Å²) < 4.78 is 11.1. The Balaban J connectivity index is 3.76. The van der Waals surface area contributed by atoms with Gasteiger partial charge in [-0.1, -0.05) is 13.3 Å². The van der Waals surface area contributed by atoms with Gasteiger partial charge >= 0.3 is 0 Å². The molecule has 84 valence electrons. The Kier molecular flexibility index (Phi) is 7.70. The summed E-state index contributed by atoms with van der Waals surface area (Å²) in [5.41, 5.74) is 0. The SMILES string of the molecule is CCCCN(C)C(=O)CS(=O)CCO. The first-order valence-corrected chi connectivity index (χ1v) is 6.30. The zero-order valence-corrected chi connectivity index (χ0v) is 9.68. The summed E-state index contributed by atoms with van der Waals surface area (Å²) in [6.07, 6.45) is 2.01. The van der Waals surface area contributed by atoms with Crippen LogP contribution in [0.15, 0.2) is 0 Å². The molecule has 1 atom stereocenters. The molecule has 0 aromatic rings. The van der Waals surface area contributed by atoms with E-state index >= 15 is 0 Å². The van der Waals surface area contributed by atoms with Gasteiger partial charge in [0.2, 0.25) is 5.91 Å². The second-order valence-corrected chi connectivity index (χ2v) is 4.76. The number of nitrogens with zero attached hydrogens (tertiary/aromatic N) is 1. The van der Waals surface area contributed by atoms with Crippen LogP contribution in [0.4, 0.5) is 0 Å². The highest BCUT2D eigenvalue weighted by molar-refractivity contribution is 7.85. The fourth-order valence-corrected chi connectivity index (χ4v) is 1.79. The fraction of sp³-hybridized carbons (Fsp3) is 0.889. The number of amides is 1. The molecule has 0 heterocycles. The van der Waals surface area contributed by atoms with Crippen LogP contribution in [-0.2, 0) is 15.6 Å². The number of rotatable bonds is 7. The maximum atomic E-state index is 11.4. The molecule has 0 radical (unpaired) electrons. The standard InChI is InChI=1S/C9H19NO3S/c1-3-4-5-10(2)9(12)8-14(13)7-6-11/h11H,3-8H2,1-2H3. The van der Waals surface area contributed by atoms with Gasteiger partial charge in [0.15, 0.2) is 0 Å². The molecule has 1 N–H and O–H groups in total. The van der Waals surface area contributed by atoms with Gasteiger partial charge in [0, 0.05) is 30.1 Å². The van der Waals surface area contributed by atoms with E-state index in [9.17, 15) is 9.00 Å². The molecule has 5 heteroatoms. The van der Waals surface area contributed by atoms with Crippen LogP contribution in [0.2, 0.25) is 0 Å². The van der Waals surface area contributed by atoms with Crippen molar-refractivity contribution >= 4 is 16.7 Å². The second-order valence-electron chi connectivity index (χ2n) is 3.18. The zero-order chi connectivity index (χ0) is 11.0. The average Bonchev–Trinajstić information content (AvgIpc) is 2.14. The first-order valence-electron chi connectivity index (χ1n) is 4.81. The lowest BCUT2D eigenvalue weighted by Crippen LogP contribution is -2.32. The molecule has 0 aliphatic carbocycles. The number of hydrogen-bond donors (Lipinski definition) is 1. The van der Waals surface area contributed by atoms with Gasteiger partial charge in [-0.15, -0.1) is 0 Å². The summed E-state index contributed by atoms with van der Waals surface area (Å²) in [5.74, 6) is 0.110. The summed E-state index contributed by atoms with van der Waals surface area (Å²) in [6, 6.07) is 0. The predicted molar refractivity (Wildman–Crippen MR) is 57.5 cm³/mol. The maximum absolute atomic E-state index is 11.4. The number of carbonyl (C=O) groups is 1. The fourth-order valence-electron chi connectivity index (χ4n) is 0.942.